The Morgan fingerprint density at radius 3 is 2.58 bits per heavy atom. The number of ether oxygens (including phenoxy) is 1. The van der Waals surface area contributed by atoms with Crippen LogP contribution in [-0.4, -0.2) is 33.7 Å². The van der Waals surface area contributed by atoms with E-state index in [1.807, 2.05) is 68.4 Å². The van der Waals surface area contributed by atoms with E-state index in [4.69, 9.17) is 9.15 Å². The van der Waals surface area contributed by atoms with Crippen molar-refractivity contribution < 1.29 is 18.7 Å². The van der Waals surface area contributed by atoms with Crippen molar-refractivity contribution in [1.29, 1.82) is 0 Å². The second kappa shape index (κ2) is 10.4. The van der Waals surface area contributed by atoms with E-state index in [0.29, 0.717) is 28.9 Å². The first-order valence-corrected chi connectivity index (χ1v) is 11.6. The van der Waals surface area contributed by atoms with Crippen molar-refractivity contribution in [1.82, 2.24) is 4.90 Å². The standard InChI is InChI=1S/C25H25N3O4S/c1-3-31-20-12-10-19(11-13-20)27-25-28(16-21-5-4-14-32-21)24(30)22(33-25)15-23(29)26-18-8-6-17(2)7-9-18/h4-14,22H,3,15-16H2,1-2H3,(H,26,29). The summed E-state index contributed by atoms with van der Waals surface area (Å²) < 4.78 is 10.9. The van der Waals surface area contributed by atoms with E-state index in [9.17, 15) is 9.59 Å². The normalized spacial score (nSPS) is 16.9. The van der Waals surface area contributed by atoms with Gasteiger partial charge in [-0.2, -0.15) is 0 Å². The lowest BCUT2D eigenvalue weighted by molar-refractivity contribution is -0.128. The van der Waals surface area contributed by atoms with Gasteiger partial charge in [-0.3, -0.25) is 14.5 Å². The van der Waals surface area contributed by atoms with E-state index in [-0.39, 0.29) is 24.8 Å². The van der Waals surface area contributed by atoms with Gasteiger partial charge in [0.1, 0.15) is 16.8 Å². The minimum Gasteiger partial charge on any atom is -0.494 e. The van der Waals surface area contributed by atoms with Gasteiger partial charge in [0.25, 0.3) is 0 Å². The Kier molecular flexibility index (Phi) is 7.14. The molecule has 33 heavy (non-hydrogen) atoms. The fourth-order valence-corrected chi connectivity index (χ4v) is 4.50. The Balaban J connectivity index is 1.51. The molecule has 0 aliphatic carbocycles. The van der Waals surface area contributed by atoms with Gasteiger partial charge < -0.3 is 14.5 Å². The number of hydrogen-bond donors (Lipinski definition) is 1. The molecule has 1 atom stereocenters. The Labute approximate surface area is 196 Å². The maximum Gasteiger partial charge on any atom is 0.243 e. The van der Waals surface area contributed by atoms with Crippen LogP contribution in [0.1, 0.15) is 24.7 Å². The van der Waals surface area contributed by atoms with Gasteiger partial charge in [-0.05, 0) is 62.4 Å². The average Bonchev–Trinajstić information content (AvgIpc) is 3.41. The van der Waals surface area contributed by atoms with E-state index in [0.717, 1.165) is 11.3 Å². The van der Waals surface area contributed by atoms with E-state index < -0.39 is 5.25 Å². The molecule has 0 bridgehead atoms. The second-order valence-electron chi connectivity index (χ2n) is 7.55. The minimum atomic E-state index is -0.563. The van der Waals surface area contributed by atoms with Gasteiger partial charge in [-0.1, -0.05) is 29.5 Å². The number of aliphatic imine (C=N–C) groups is 1. The molecule has 1 aliphatic heterocycles. The predicted molar refractivity (Wildman–Crippen MR) is 130 cm³/mol. The van der Waals surface area contributed by atoms with Gasteiger partial charge in [0.15, 0.2) is 5.17 Å². The van der Waals surface area contributed by atoms with Crippen LogP contribution in [0.15, 0.2) is 76.3 Å². The number of aryl methyl sites for hydroxylation is 1. The highest BCUT2D eigenvalue weighted by molar-refractivity contribution is 8.15. The number of thioether (sulfide) groups is 1. The van der Waals surface area contributed by atoms with Gasteiger partial charge in [0.05, 0.1) is 25.1 Å². The van der Waals surface area contributed by atoms with Crippen molar-refractivity contribution in [2.45, 2.75) is 32.1 Å². The Hall–Kier alpha value is -3.52. The minimum absolute atomic E-state index is 0.0499. The molecule has 170 valence electrons. The number of furan rings is 1. The van der Waals surface area contributed by atoms with Gasteiger partial charge in [0.2, 0.25) is 11.8 Å². The molecule has 1 N–H and O–H groups in total. The Bertz CT molecular complexity index is 1130. The number of nitrogens with one attached hydrogen (secondary N) is 1. The summed E-state index contributed by atoms with van der Waals surface area (Å²) in [5.74, 6) is 1.02. The number of carbonyl (C=O) groups excluding carboxylic acids is 2. The predicted octanol–water partition coefficient (Wildman–Crippen LogP) is 5.15. The van der Waals surface area contributed by atoms with Crippen molar-refractivity contribution in [3.63, 3.8) is 0 Å². The molecule has 1 aromatic heterocycles. The highest BCUT2D eigenvalue weighted by Gasteiger charge is 2.39. The van der Waals surface area contributed by atoms with Crippen LogP contribution in [0, 0.1) is 6.92 Å². The van der Waals surface area contributed by atoms with E-state index in [1.165, 1.54) is 11.8 Å². The summed E-state index contributed by atoms with van der Waals surface area (Å²) in [5.41, 5.74) is 2.51. The fourth-order valence-electron chi connectivity index (χ4n) is 3.34. The lowest BCUT2D eigenvalue weighted by Gasteiger charge is -2.15. The summed E-state index contributed by atoms with van der Waals surface area (Å²) in [6.07, 6.45) is 1.62. The van der Waals surface area contributed by atoms with Crippen LogP contribution < -0.4 is 10.1 Å². The number of hydrogen-bond acceptors (Lipinski definition) is 6. The Morgan fingerprint density at radius 2 is 1.91 bits per heavy atom. The lowest BCUT2D eigenvalue weighted by Crippen LogP contribution is -2.33. The molecule has 1 saturated heterocycles. The van der Waals surface area contributed by atoms with Crippen LogP contribution >= 0.6 is 11.8 Å². The van der Waals surface area contributed by atoms with Crippen LogP contribution in [0.2, 0.25) is 0 Å². The highest BCUT2D eigenvalue weighted by atomic mass is 32.2. The molecule has 2 aromatic carbocycles. The summed E-state index contributed by atoms with van der Waals surface area (Å²) in [5, 5.41) is 2.84. The lowest BCUT2D eigenvalue weighted by atomic mass is 10.2. The van der Waals surface area contributed by atoms with Crippen LogP contribution in [0.25, 0.3) is 0 Å². The molecule has 2 amide bonds. The number of nitrogens with zero attached hydrogens (tertiary/aromatic N) is 2. The molecule has 2 heterocycles. The SMILES string of the molecule is CCOc1ccc(N=C2SC(CC(=O)Nc3ccc(C)cc3)C(=O)N2Cc2ccco2)cc1. The maximum absolute atomic E-state index is 13.2. The number of carbonyl (C=O) groups is 2. The maximum atomic E-state index is 13.2. The molecule has 0 saturated carbocycles. The molecule has 0 radical (unpaired) electrons. The molecule has 1 unspecified atom stereocenters. The summed E-state index contributed by atoms with van der Waals surface area (Å²) >= 11 is 1.29. The smallest absolute Gasteiger partial charge is 0.243 e. The van der Waals surface area contributed by atoms with Crippen molar-refractivity contribution in [2.75, 3.05) is 11.9 Å². The van der Waals surface area contributed by atoms with E-state index in [1.54, 1.807) is 17.2 Å². The molecule has 1 fully saturated rings. The summed E-state index contributed by atoms with van der Waals surface area (Å²) in [4.78, 5) is 32.1. The van der Waals surface area contributed by atoms with Crippen molar-refractivity contribution in [3.8, 4) is 5.75 Å². The van der Waals surface area contributed by atoms with Gasteiger partial charge >= 0.3 is 0 Å². The first-order chi connectivity index (χ1) is 16.0. The fraction of sp³-hybridized carbons (Fsp3) is 0.240. The molecular weight excluding hydrogens is 438 g/mol. The monoisotopic (exact) mass is 463 g/mol. The zero-order valence-electron chi connectivity index (χ0n) is 18.5. The summed E-state index contributed by atoms with van der Waals surface area (Å²) in [6.45, 7) is 4.75. The Morgan fingerprint density at radius 1 is 1.15 bits per heavy atom. The zero-order chi connectivity index (χ0) is 23.2. The molecule has 4 rings (SSSR count). The molecule has 0 spiro atoms. The second-order valence-corrected chi connectivity index (χ2v) is 8.72. The molecule has 7 nitrogen and oxygen atoms in total. The number of benzene rings is 2. The quantitative estimate of drug-likeness (QED) is 0.500. The van der Waals surface area contributed by atoms with Crippen molar-refractivity contribution >= 4 is 40.1 Å². The van der Waals surface area contributed by atoms with Crippen molar-refractivity contribution in [2.24, 2.45) is 4.99 Å². The largest absolute Gasteiger partial charge is 0.494 e. The van der Waals surface area contributed by atoms with E-state index in [2.05, 4.69) is 10.3 Å². The van der Waals surface area contributed by atoms with Crippen LogP contribution in [0.4, 0.5) is 11.4 Å². The van der Waals surface area contributed by atoms with Crippen LogP contribution in [0.3, 0.4) is 0 Å². The highest BCUT2D eigenvalue weighted by Crippen LogP contribution is 2.33. The number of amidine groups is 1. The summed E-state index contributed by atoms with van der Waals surface area (Å²) in [6, 6.07) is 18.5. The first kappa shape index (κ1) is 22.7. The first-order valence-electron chi connectivity index (χ1n) is 10.7. The number of amides is 2. The van der Waals surface area contributed by atoms with Crippen LogP contribution in [-0.2, 0) is 16.1 Å². The third-order valence-corrected chi connectivity index (χ3v) is 6.17. The van der Waals surface area contributed by atoms with Gasteiger partial charge in [0, 0.05) is 12.1 Å². The summed E-state index contributed by atoms with van der Waals surface area (Å²) in [7, 11) is 0. The zero-order valence-corrected chi connectivity index (χ0v) is 19.3. The average molecular weight is 464 g/mol. The van der Waals surface area contributed by atoms with Crippen LogP contribution in [0.5, 0.6) is 5.75 Å². The molecule has 1 aliphatic rings. The number of anilines is 1. The topological polar surface area (TPSA) is 84.1 Å². The van der Waals surface area contributed by atoms with Crippen molar-refractivity contribution in [3.05, 3.63) is 78.3 Å². The molecule has 3 aromatic rings. The van der Waals surface area contributed by atoms with E-state index >= 15 is 0 Å². The van der Waals surface area contributed by atoms with Gasteiger partial charge in [-0.15, -0.1) is 0 Å². The van der Waals surface area contributed by atoms with Gasteiger partial charge in [-0.25, -0.2) is 4.99 Å². The molecular formula is C25H25N3O4S. The molecule has 8 heteroatoms. The third-order valence-electron chi connectivity index (χ3n) is 4.99. The number of rotatable bonds is 8. The third kappa shape index (κ3) is 5.84.